The number of hydrogen-bond donors (Lipinski definition) is 2. The van der Waals surface area contributed by atoms with Crippen LogP contribution in [0.4, 0.5) is 18.0 Å². The zero-order chi connectivity index (χ0) is 16.3. The van der Waals surface area contributed by atoms with E-state index in [1.807, 2.05) is 0 Å². The molecule has 0 aliphatic heterocycles. The van der Waals surface area contributed by atoms with Gasteiger partial charge < -0.3 is 10.1 Å². The summed E-state index contributed by atoms with van der Waals surface area (Å²) in [7, 11) is 0. The van der Waals surface area contributed by atoms with Gasteiger partial charge in [-0.25, -0.2) is 9.78 Å². The molecule has 0 aromatic carbocycles. The summed E-state index contributed by atoms with van der Waals surface area (Å²) in [5, 5.41) is 7.52. The first-order chi connectivity index (χ1) is 9.53. The van der Waals surface area contributed by atoms with Crippen molar-refractivity contribution in [2.75, 3.05) is 0 Å². The Morgan fingerprint density at radius 2 is 2.10 bits per heavy atom. The highest BCUT2D eigenvalue weighted by Crippen LogP contribution is 2.26. The predicted molar refractivity (Wildman–Crippen MR) is 66.9 cm³/mol. The number of carbonyl (C=O) groups is 1. The van der Waals surface area contributed by atoms with E-state index in [2.05, 4.69) is 26.4 Å². The van der Waals surface area contributed by atoms with Gasteiger partial charge in [-0.1, -0.05) is 0 Å². The summed E-state index contributed by atoms with van der Waals surface area (Å²) < 4.78 is 42.3. The van der Waals surface area contributed by atoms with Crippen LogP contribution in [0, 0.1) is 12.3 Å². The highest BCUT2D eigenvalue weighted by molar-refractivity contribution is 5.68. The highest BCUT2D eigenvalue weighted by Gasteiger charge is 2.37. The Bertz CT molecular complexity index is 540. The maximum absolute atomic E-state index is 12.4. The minimum atomic E-state index is -4.68. The molecular weight excluding hydrogens is 289 g/mol. The first kappa shape index (κ1) is 16.8. The van der Waals surface area contributed by atoms with E-state index in [9.17, 15) is 18.0 Å². The Labute approximate surface area is 119 Å². The molecule has 0 aliphatic carbocycles. The number of rotatable bonds is 3. The Morgan fingerprint density at radius 3 is 2.52 bits per heavy atom. The fourth-order valence-corrected chi connectivity index (χ4v) is 1.34. The number of halogens is 3. The van der Waals surface area contributed by atoms with Gasteiger partial charge in [-0.05, 0) is 20.8 Å². The molecule has 0 bridgehead atoms. The summed E-state index contributed by atoms with van der Waals surface area (Å²) in [6, 6.07) is -0.951. The largest absolute Gasteiger partial charge is 0.453 e. The van der Waals surface area contributed by atoms with E-state index in [-0.39, 0.29) is 12.2 Å². The van der Waals surface area contributed by atoms with Crippen LogP contribution in [-0.4, -0.2) is 26.9 Å². The van der Waals surface area contributed by atoms with E-state index in [0.29, 0.717) is 0 Å². The first-order valence-corrected chi connectivity index (χ1v) is 5.95. The molecule has 2 N–H and O–H groups in total. The smallest absolute Gasteiger partial charge is 0.444 e. The number of ether oxygens (including phenoxy) is 1. The van der Waals surface area contributed by atoms with Gasteiger partial charge >= 0.3 is 12.3 Å². The third kappa shape index (κ3) is 5.33. The number of alkyl halides is 3. The number of nitrogens with one attached hydrogen (secondary N) is 2. The number of aromatic nitrogens is 3. The fraction of sp³-hybridized carbons (Fsp3) is 0.583. The van der Waals surface area contributed by atoms with Crippen molar-refractivity contribution in [2.45, 2.75) is 45.0 Å². The lowest BCUT2D eigenvalue weighted by Gasteiger charge is -2.21. The van der Waals surface area contributed by atoms with Crippen molar-refractivity contribution in [3.8, 4) is 12.3 Å². The molecule has 0 fully saturated rings. The quantitative estimate of drug-likeness (QED) is 0.840. The van der Waals surface area contributed by atoms with Gasteiger partial charge in [-0.3, -0.25) is 5.10 Å². The number of aromatic amines is 1. The van der Waals surface area contributed by atoms with Gasteiger partial charge in [0.25, 0.3) is 5.82 Å². The number of nitrogens with zero attached hydrogens (tertiary/aromatic N) is 2. The number of amides is 1. The van der Waals surface area contributed by atoms with Crippen molar-refractivity contribution >= 4 is 6.09 Å². The van der Waals surface area contributed by atoms with Gasteiger partial charge in [0, 0.05) is 6.42 Å². The molecule has 1 aromatic heterocycles. The second-order valence-corrected chi connectivity index (χ2v) is 5.15. The summed E-state index contributed by atoms with van der Waals surface area (Å²) in [4.78, 5) is 14.9. The van der Waals surface area contributed by atoms with Crippen molar-refractivity contribution in [3.63, 3.8) is 0 Å². The first-order valence-electron chi connectivity index (χ1n) is 5.95. The van der Waals surface area contributed by atoms with E-state index in [1.165, 1.54) is 0 Å². The van der Waals surface area contributed by atoms with Crippen LogP contribution in [-0.2, 0) is 10.9 Å². The van der Waals surface area contributed by atoms with Gasteiger partial charge in [-0.2, -0.15) is 13.2 Å². The minimum absolute atomic E-state index is 0.0638. The van der Waals surface area contributed by atoms with Crippen molar-refractivity contribution in [2.24, 2.45) is 0 Å². The van der Waals surface area contributed by atoms with Gasteiger partial charge in [0.2, 0.25) is 0 Å². The molecular formula is C12H15F3N4O2. The van der Waals surface area contributed by atoms with Crippen LogP contribution in [0.15, 0.2) is 0 Å². The molecule has 0 spiro atoms. The maximum atomic E-state index is 12.4. The Balaban J connectivity index is 2.85. The summed E-state index contributed by atoms with van der Waals surface area (Å²) in [5.41, 5.74) is -0.747. The van der Waals surface area contributed by atoms with Gasteiger partial charge in [0.05, 0.1) is 0 Å². The van der Waals surface area contributed by atoms with Crippen LogP contribution >= 0.6 is 0 Å². The number of hydrogen-bond acceptors (Lipinski definition) is 4. The molecule has 0 aliphatic rings. The molecule has 1 aromatic rings. The lowest BCUT2D eigenvalue weighted by molar-refractivity contribution is -0.144. The Hall–Kier alpha value is -2.24. The highest BCUT2D eigenvalue weighted by atomic mass is 19.4. The molecule has 21 heavy (non-hydrogen) atoms. The van der Waals surface area contributed by atoms with Crippen LogP contribution in [0.5, 0.6) is 0 Å². The molecule has 0 radical (unpaired) electrons. The van der Waals surface area contributed by atoms with E-state index in [1.54, 1.807) is 20.8 Å². The normalized spacial score (nSPS) is 13.4. The molecule has 1 rings (SSSR count). The standard InChI is InChI=1S/C12H15F3N4O2/c1-5-6-7(16-10(20)21-11(2,3)4)8-17-9(19-18-8)12(13,14)15/h1,7H,6H2,2-4H3,(H,16,20)(H,17,18,19). The van der Waals surface area contributed by atoms with Crippen LogP contribution in [0.25, 0.3) is 0 Å². The van der Waals surface area contributed by atoms with Crippen molar-refractivity contribution in [1.82, 2.24) is 20.5 Å². The zero-order valence-corrected chi connectivity index (χ0v) is 11.7. The summed E-state index contributed by atoms with van der Waals surface area (Å²) in [5.74, 6) is 0.726. The van der Waals surface area contributed by atoms with E-state index in [0.717, 1.165) is 0 Å². The van der Waals surface area contributed by atoms with E-state index < -0.39 is 29.7 Å². The van der Waals surface area contributed by atoms with Gasteiger partial charge in [0.1, 0.15) is 17.5 Å². The van der Waals surface area contributed by atoms with Crippen molar-refractivity contribution in [3.05, 3.63) is 11.6 Å². The average molecular weight is 304 g/mol. The second kappa shape index (κ2) is 6.03. The topological polar surface area (TPSA) is 79.9 Å². The van der Waals surface area contributed by atoms with Gasteiger partial charge in [-0.15, -0.1) is 17.4 Å². The number of H-pyrrole nitrogens is 1. The minimum Gasteiger partial charge on any atom is -0.444 e. The van der Waals surface area contributed by atoms with Crippen molar-refractivity contribution in [1.29, 1.82) is 0 Å². The molecule has 0 saturated carbocycles. The zero-order valence-electron chi connectivity index (χ0n) is 11.7. The summed E-state index contributed by atoms with van der Waals surface area (Å²) in [6.07, 6.45) is -0.419. The van der Waals surface area contributed by atoms with Gasteiger partial charge in [0.15, 0.2) is 0 Å². The maximum Gasteiger partial charge on any atom is 0.453 e. The molecule has 1 heterocycles. The van der Waals surface area contributed by atoms with Crippen LogP contribution in [0.3, 0.4) is 0 Å². The molecule has 1 unspecified atom stereocenters. The number of carbonyl (C=O) groups excluding carboxylic acids is 1. The second-order valence-electron chi connectivity index (χ2n) is 5.15. The summed E-state index contributed by atoms with van der Waals surface area (Å²) in [6.45, 7) is 4.96. The van der Waals surface area contributed by atoms with Crippen LogP contribution in [0.2, 0.25) is 0 Å². The fourth-order valence-electron chi connectivity index (χ4n) is 1.34. The van der Waals surface area contributed by atoms with E-state index >= 15 is 0 Å². The lowest BCUT2D eigenvalue weighted by Crippen LogP contribution is -2.35. The Kier molecular flexibility index (Phi) is 4.83. The number of alkyl carbamates (subject to hydrolysis) is 1. The predicted octanol–water partition coefficient (Wildman–Crippen LogP) is 2.41. The molecule has 1 amide bonds. The SMILES string of the molecule is C#CCC(NC(=O)OC(C)(C)C)c1nc(C(F)(F)F)n[nH]1. The van der Waals surface area contributed by atoms with E-state index in [4.69, 9.17) is 11.2 Å². The number of terminal acetylenes is 1. The molecule has 0 saturated heterocycles. The Morgan fingerprint density at radius 1 is 1.48 bits per heavy atom. The van der Waals surface area contributed by atoms with Crippen LogP contribution < -0.4 is 5.32 Å². The molecule has 9 heteroatoms. The third-order valence-corrected chi connectivity index (χ3v) is 2.10. The molecule has 1 atom stereocenters. The monoisotopic (exact) mass is 304 g/mol. The van der Waals surface area contributed by atoms with Crippen LogP contribution in [0.1, 0.15) is 44.9 Å². The average Bonchev–Trinajstić information content (AvgIpc) is 2.74. The lowest BCUT2D eigenvalue weighted by atomic mass is 10.2. The molecule has 116 valence electrons. The summed E-state index contributed by atoms with van der Waals surface area (Å²) >= 11 is 0. The third-order valence-electron chi connectivity index (χ3n) is 2.10. The van der Waals surface area contributed by atoms with Crippen molar-refractivity contribution < 1.29 is 22.7 Å². The molecule has 6 nitrogen and oxygen atoms in total.